The maximum atomic E-state index is 4.03. The molecule has 0 radical (unpaired) electrons. The van der Waals surface area contributed by atoms with Crippen molar-refractivity contribution in [3.8, 4) is 44.8 Å². The van der Waals surface area contributed by atoms with E-state index in [1.165, 1.54) is 71.4 Å². The molecule has 0 amide bonds. The van der Waals surface area contributed by atoms with E-state index >= 15 is 0 Å². The molecule has 4 heteroatoms. The number of hydrogen-bond acceptors (Lipinski definition) is 2. The summed E-state index contributed by atoms with van der Waals surface area (Å²) >= 11 is 0. The van der Waals surface area contributed by atoms with E-state index in [2.05, 4.69) is 264 Å². The molecule has 10 aromatic carbocycles. The summed E-state index contributed by atoms with van der Waals surface area (Å²) in [5, 5.41) is 12.8. The first-order chi connectivity index (χ1) is 33.0. The van der Waals surface area contributed by atoms with E-state index in [9.17, 15) is 0 Å². The average molecular weight is 859 g/mol. The van der Waals surface area contributed by atoms with Crippen molar-refractivity contribution in [3.63, 3.8) is 0 Å². The molecule has 0 aliphatic heterocycles. The molecule has 12 aromatic rings. The Labute approximate surface area is 390 Å². The van der Waals surface area contributed by atoms with Crippen LogP contribution < -0.4 is 10.6 Å². The van der Waals surface area contributed by atoms with E-state index in [-0.39, 0.29) is 5.41 Å². The van der Waals surface area contributed by atoms with Crippen LogP contribution in [0.5, 0.6) is 0 Å². The zero-order valence-corrected chi connectivity index (χ0v) is 37.3. The molecule has 1 aliphatic carbocycles. The van der Waals surface area contributed by atoms with Crippen molar-refractivity contribution in [1.29, 1.82) is 0 Å². The molecule has 0 fully saturated rings. The zero-order valence-electron chi connectivity index (χ0n) is 37.3. The molecular weight excluding hydrogens is 813 g/mol. The summed E-state index contributed by atoms with van der Waals surface area (Å²) < 4.78 is 4.79. The third-order valence-electron chi connectivity index (χ3n) is 14.1. The highest BCUT2D eigenvalue weighted by molar-refractivity contribution is 6.10. The highest BCUT2D eigenvalue weighted by Gasteiger charge is 2.40. The molecule has 4 nitrogen and oxygen atoms in total. The van der Waals surface area contributed by atoms with Gasteiger partial charge in [0.2, 0.25) is 0 Å². The molecule has 67 heavy (non-hydrogen) atoms. The predicted molar refractivity (Wildman–Crippen MR) is 283 cm³/mol. The van der Waals surface area contributed by atoms with Crippen molar-refractivity contribution in [2.75, 3.05) is 10.6 Å². The van der Waals surface area contributed by atoms with Gasteiger partial charge in [-0.1, -0.05) is 153 Å². The summed E-state index contributed by atoms with van der Waals surface area (Å²) in [6.07, 6.45) is 0. The Morgan fingerprint density at radius 1 is 0.343 bits per heavy atom. The van der Waals surface area contributed by atoms with Crippen molar-refractivity contribution < 1.29 is 0 Å². The zero-order chi connectivity index (χ0) is 44.6. The highest BCUT2D eigenvalue weighted by Crippen LogP contribution is 2.57. The smallest absolute Gasteiger partial charge is 0.0547 e. The Bertz CT molecular complexity index is 3750. The van der Waals surface area contributed by atoms with Gasteiger partial charge < -0.3 is 19.8 Å². The van der Waals surface area contributed by atoms with Crippen LogP contribution in [0, 0.1) is 0 Å². The van der Waals surface area contributed by atoms with Crippen LogP contribution in [0.1, 0.15) is 25.0 Å². The molecule has 2 aromatic heterocycles. The molecule has 0 saturated carbocycles. The van der Waals surface area contributed by atoms with E-state index in [1.54, 1.807) is 0 Å². The van der Waals surface area contributed by atoms with Gasteiger partial charge in [-0.3, -0.25) is 0 Å². The Balaban J connectivity index is 1.03. The number of fused-ring (bicyclic) bond motifs is 9. The maximum absolute atomic E-state index is 4.03. The summed E-state index contributed by atoms with van der Waals surface area (Å²) in [6, 6.07) is 83.8. The molecule has 0 atom stereocenters. The third-order valence-corrected chi connectivity index (χ3v) is 14.1. The molecule has 1 aliphatic rings. The fourth-order valence-corrected chi connectivity index (χ4v) is 11.0. The Morgan fingerprint density at radius 3 is 1.27 bits per heavy atom. The first-order valence-electron chi connectivity index (χ1n) is 23.2. The van der Waals surface area contributed by atoms with Gasteiger partial charge in [0.1, 0.15) is 0 Å². The second-order valence-corrected chi connectivity index (χ2v) is 18.3. The molecule has 2 heterocycles. The van der Waals surface area contributed by atoms with Crippen LogP contribution in [-0.2, 0) is 5.41 Å². The lowest BCUT2D eigenvalue weighted by Crippen LogP contribution is -2.17. The van der Waals surface area contributed by atoms with Crippen LogP contribution >= 0.6 is 0 Å². The first kappa shape index (κ1) is 38.8. The van der Waals surface area contributed by atoms with Gasteiger partial charge in [-0.05, 0) is 124 Å². The van der Waals surface area contributed by atoms with E-state index in [0.717, 1.165) is 50.8 Å². The van der Waals surface area contributed by atoms with Crippen LogP contribution in [0.15, 0.2) is 231 Å². The minimum atomic E-state index is -0.341. The first-order valence-corrected chi connectivity index (χ1v) is 23.2. The summed E-state index contributed by atoms with van der Waals surface area (Å²) in [4.78, 5) is 0. The number of aromatic nitrogens is 2. The van der Waals surface area contributed by atoms with Gasteiger partial charge in [0.25, 0.3) is 0 Å². The predicted octanol–water partition coefficient (Wildman–Crippen LogP) is 17.0. The summed E-state index contributed by atoms with van der Waals surface area (Å²) in [6.45, 7) is 4.79. The lowest BCUT2D eigenvalue weighted by atomic mass is 9.77. The largest absolute Gasteiger partial charge is 0.356 e. The summed E-state index contributed by atoms with van der Waals surface area (Å²) in [5.41, 5.74) is 20.8. The van der Waals surface area contributed by atoms with Gasteiger partial charge in [-0.2, -0.15) is 0 Å². The van der Waals surface area contributed by atoms with Crippen molar-refractivity contribution in [1.82, 2.24) is 9.13 Å². The lowest BCUT2D eigenvalue weighted by molar-refractivity contribution is 0.662. The number of nitrogens with zero attached hydrogens (tertiary/aromatic N) is 2. The maximum Gasteiger partial charge on any atom is 0.0547 e. The van der Waals surface area contributed by atoms with Crippen LogP contribution in [0.2, 0.25) is 0 Å². The molecule has 0 spiro atoms. The SMILES string of the molecule is CC1(C)c2cc(Nc3ccccc3)ccc2-c2cc(-c3ccc(-n4c5ccccc5c5ccccc54)cc3)c(Nc3ccccc3)c(-c3ccc(-n4c5ccccc5c5ccccc54)cc3)c21. The van der Waals surface area contributed by atoms with Crippen LogP contribution in [0.3, 0.4) is 0 Å². The quantitative estimate of drug-likeness (QED) is 0.160. The minimum Gasteiger partial charge on any atom is -0.356 e. The van der Waals surface area contributed by atoms with Gasteiger partial charge in [-0.15, -0.1) is 0 Å². The summed E-state index contributed by atoms with van der Waals surface area (Å²) in [7, 11) is 0. The molecule has 0 saturated heterocycles. The Hall–Kier alpha value is -8.60. The third kappa shape index (κ3) is 6.21. The second-order valence-electron chi connectivity index (χ2n) is 18.3. The topological polar surface area (TPSA) is 33.9 Å². The fourth-order valence-electron chi connectivity index (χ4n) is 11.0. The molecule has 0 bridgehead atoms. The van der Waals surface area contributed by atoms with Crippen molar-refractivity contribution >= 4 is 66.4 Å². The second kappa shape index (κ2) is 15.3. The monoisotopic (exact) mass is 858 g/mol. The highest BCUT2D eigenvalue weighted by atomic mass is 15.0. The number of para-hydroxylation sites is 6. The Kier molecular flexibility index (Phi) is 8.84. The summed E-state index contributed by atoms with van der Waals surface area (Å²) in [5.74, 6) is 0. The van der Waals surface area contributed by atoms with E-state index in [1.807, 2.05) is 0 Å². The number of benzene rings is 10. The van der Waals surface area contributed by atoms with Gasteiger partial charge in [0.05, 0.1) is 27.8 Å². The van der Waals surface area contributed by atoms with E-state index in [0.29, 0.717) is 0 Å². The van der Waals surface area contributed by atoms with Gasteiger partial charge in [0.15, 0.2) is 0 Å². The minimum absolute atomic E-state index is 0.341. The van der Waals surface area contributed by atoms with E-state index in [4.69, 9.17) is 0 Å². The molecule has 318 valence electrons. The van der Waals surface area contributed by atoms with Gasteiger partial charge >= 0.3 is 0 Å². The van der Waals surface area contributed by atoms with Crippen LogP contribution in [0.4, 0.5) is 22.7 Å². The van der Waals surface area contributed by atoms with E-state index < -0.39 is 0 Å². The average Bonchev–Trinajstić information content (AvgIpc) is 3.97. The van der Waals surface area contributed by atoms with Gasteiger partial charge in [-0.25, -0.2) is 0 Å². The van der Waals surface area contributed by atoms with Crippen molar-refractivity contribution in [2.45, 2.75) is 19.3 Å². The van der Waals surface area contributed by atoms with Crippen LogP contribution in [-0.4, -0.2) is 9.13 Å². The van der Waals surface area contributed by atoms with Crippen molar-refractivity contribution in [3.05, 3.63) is 242 Å². The number of anilines is 4. The molecular formula is C63H46N4. The number of hydrogen-bond donors (Lipinski definition) is 2. The van der Waals surface area contributed by atoms with Crippen LogP contribution in [0.25, 0.3) is 88.4 Å². The molecule has 2 N–H and O–H groups in total. The Morgan fingerprint density at radius 2 is 0.776 bits per heavy atom. The normalized spacial score (nSPS) is 12.7. The fraction of sp³-hybridized carbons (Fsp3) is 0.0476. The lowest BCUT2D eigenvalue weighted by Gasteiger charge is -2.29. The van der Waals surface area contributed by atoms with Gasteiger partial charge in [0, 0.05) is 66.5 Å². The number of rotatable bonds is 8. The number of nitrogens with one attached hydrogen (secondary N) is 2. The molecule has 0 unspecified atom stereocenters. The molecule has 13 rings (SSSR count). The van der Waals surface area contributed by atoms with Crippen molar-refractivity contribution in [2.24, 2.45) is 0 Å². The standard InChI is InChI=1S/C63H46N4/c1-63(2)55-39-45(64-43-17-5-3-6-18-43)33-38-48(55)54-40-53(41-29-34-46(35-30-41)66-56-25-13-9-21-49(56)50-22-10-14-26-57(50)66)62(65-44-19-7-4-8-20-44)60(61(54)63)42-31-36-47(37-32-42)67-58-27-15-11-23-51(58)52-24-12-16-28-59(52)67/h3-40,64-65H,1-2H3.